The highest BCUT2D eigenvalue weighted by atomic mass is 35.5. The summed E-state index contributed by atoms with van der Waals surface area (Å²) in [6, 6.07) is 11.1. The zero-order chi connectivity index (χ0) is 15.0. The summed E-state index contributed by atoms with van der Waals surface area (Å²) in [5, 5.41) is 1.07. The van der Waals surface area contributed by atoms with E-state index in [9.17, 15) is 4.21 Å². The number of anilines is 1. The summed E-state index contributed by atoms with van der Waals surface area (Å²) in [5.41, 5.74) is 9.83. The third-order valence-electron chi connectivity index (χ3n) is 3.20. The van der Waals surface area contributed by atoms with Gasteiger partial charge < -0.3 is 10.7 Å². The molecule has 0 fully saturated rings. The molecule has 3 rings (SSSR count). The zero-order valence-electron chi connectivity index (χ0n) is 11.4. The Kier molecular flexibility index (Phi) is 3.69. The van der Waals surface area contributed by atoms with E-state index in [4.69, 9.17) is 17.3 Å². The normalized spacial score (nSPS) is 12.7. The summed E-state index contributed by atoms with van der Waals surface area (Å²) in [6.45, 7) is 1.97. The summed E-state index contributed by atoms with van der Waals surface area (Å²) >= 11 is 6.18. The SMILES string of the molecule is Cc1ccc(CS(=O)c2nc3ccc(N)cc3[nH]2)c(Cl)c1. The van der Waals surface area contributed by atoms with Gasteiger partial charge >= 0.3 is 0 Å². The molecule has 0 aliphatic carbocycles. The molecule has 0 spiro atoms. The van der Waals surface area contributed by atoms with Crippen molar-refractivity contribution in [3.05, 3.63) is 52.5 Å². The fourth-order valence-corrected chi connectivity index (χ4v) is 3.57. The van der Waals surface area contributed by atoms with Crippen LogP contribution in [0.1, 0.15) is 11.1 Å². The Morgan fingerprint density at radius 1 is 1.29 bits per heavy atom. The molecule has 0 radical (unpaired) electrons. The largest absolute Gasteiger partial charge is 0.399 e. The van der Waals surface area contributed by atoms with E-state index in [-0.39, 0.29) is 0 Å². The minimum Gasteiger partial charge on any atom is -0.399 e. The van der Waals surface area contributed by atoms with Crippen molar-refractivity contribution in [2.45, 2.75) is 17.8 Å². The second-order valence-corrected chi connectivity index (χ2v) is 6.68. The minimum absolute atomic E-state index is 0.328. The van der Waals surface area contributed by atoms with Crippen molar-refractivity contribution in [2.75, 3.05) is 5.73 Å². The molecule has 0 aliphatic rings. The lowest BCUT2D eigenvalue weighted by atomic mass is 10.2. The van der Waals surface area contributed by atoms with Crippen LogP contribution in [0.2, 0.25) is 5.02 Å². The minimum atomic E-state index is -1.28. The van der Waals surface area contributed by atoms with Gasteiger partial charge in [-0.1, -0.05) is 23.7 Å². The van der Waals surface area contributed by atoms with E-state index in [1.54, 1.807) is 18.2 Å². The molecule has 4 nitrogen and oxygen atoms in total. The third kappa shape index (κ3) is 2.94. The monoisotopic (exact) mass is 319 g/mol. The van der Waals surface area contributed by atoms with Crippen LogP contribution in [-0.2, 0) is 16.6 Å². The molecule has 0 aliphatic heterocycles. The van der Waals surface area contributed by atoms with Gasteiger partial charge in [-0.05, 0) is 42.3 Å². The van der Waals surface area contributed by atoms with Crippen molar-refractivity contribution < 1.29 is 4.21 Å². The molecule has 0 saturated heterocycles. The molecule has 3 aromatic rings. The summed E-state index contributed by atoms with van der Waals surface area (Å²) in [6.07, 6.45) is 0. The van der Waals surface area contributed by atoms with Gasteiger partial charge in [0.05, 0.1) is 27.6 Å². The van der Waals surface area contributed by atoms with Crippen molar-refractivity contribution in [3.63, 3.8) is 0 Å². The molecule has 1 heterocycles. The van der Waals surface area contributed by atoms with Gasteiger partial charge in [0.2, 0.25) is 0 Å². The maximum absolute atomic E-state index is 12.4. The number of nitrogen functional groups attached to an aromatic ring is 1. The summed E-state index contributed by atoms with van der Waals surface area (Å²) in [7, 11) is -1.28. The van der Waals surface area contributed by atoms with Gasteiger partial charge in [0.1, 0.15) is 0 Å². The molecule has 0 saturated carbocycles. The number of H-pyrrole nitrogens is 1. The summed E-state index contributed by atoms with van der Waals surface area (Å²) in [4.78, 5) is 7.40. The van der Waals surface area contributed by atoms with Crippen LogP contribution in [0.3, 0.4) is 0 Å². The second-order valence-electron chi connectivity index (χ2n) is 4.90. The number of benzene rings is 2. The molecule has 1 unspecified atom stereocenters. The van der Waals surface area contributed by atoms with Gasteiger partial charge in [0.15, 0.2) is 5.16 Å². The molecule has 2 aromatic carbocycles. The van der Waals surface area contributed by atoms with Crippen LogP contribution in [0.4, 0.5) is 5.69 Å². The van der Waals surface area contributed by atoms with E-state index in [1.165, 1.54) is 0 Å². The number of imidazole rings is 1. The first-order valence-electron chi connectivity index (χ1n) is 6.41. The Morgan fingerprint density at radius 3 is 2.86 bits per heavy atom. The highest BCUT2D eigenvalue weighted by molar-refractivity contribution is 7.84. The number of hydrogen-bond donors (Lipinski definition) is 2. The molecule has 1 aromatic heterocycles. The lowest BCUT2D eigenvalue weighted by Gasteiger charge is -2.03. The van der Waals surface area contributed by atoms with Crippen LogP contribution in [0.15, 0.2) is 41.6 Å². The number of aromatic amines is 1. The average molecular weight is 320 g/mol. The van der Waals surface area contributed by atoms with E-state index in [1.807, 2.05) is 25.1 Å². The number of nitrogens with one attached hydrogen (secondary N) is 1. The van der Waals surface area contributed by atoms with Crippen molar-refractivity contribution in [3.8, 4) is 0 Å². The summed E-state index contributed by atoms with van der Waals surface area (Å²) < 4.78 is 12.4. The van der Waals surface area contributed by atoms with Crippen molar-refractivity contribution in [1.82, 2.24) is 9.97 Å². The highest BCUT2D eigenvalue weighted by Gasteiger charge is 2.12. The smallest absolute Gasteiger partial charge is 0.197 e. The Morgan fingerprint density at radius 2 is 2.10 bits per heavy atom. The highest BCUT2D eigenvalue weighted by Crippen LogP contribution is 2.22. The molecule has 108 valence electrons. The molecule has 3 N–H and O–H groups in total. The predicted molar refractivity (Wildman–Crippen MR) is 86.8 cm³/mol. The van der Waals surface area contributed by atoms with E-state index >= 15 is 0 Å². The van der Waals surface area contributed by atoms with Gasteiger partial charge in [-0.25, -0.2) is 4.98 Å². The molecular formula is C15H14ClN3OS. The maximum atomic E-state index is 12.4. The van der Waals surface area contributed by atoms with Crippen molar-refractivity contribution >= 4 is 39.1 Å². The quantitative estimate of drug-likeness (QED) is 0.727. The van der Waals surface area contributed by atoms with E-state index < -0.39 is 10.8 Å². The van der Waals surface area contributed by atoms with Crippen molar-refractivity contribution in [2.24, 2.45) is 0 Å². The number of aromatic nitrogens is 2. The van der Waals surface area contributed by atoms with Crippen LogP contribution >= 0.6 is 11.6 Å². The van der Waals surface area contributed by atoms with Gasteiger partial charge in [0.25, 0.3) is 0 Å². The first-order valence-corrected chi connectivity index (χ1v) is 8.11. The van der Waals surface area contributed by atoms with E-state index in [0.29, 0.717) is 21.6 Å². The first kappa shape index (κ1) is 14.1. The Hall–Kier alpha value is -1.85. The number of nitrogens with two attached hydrogens (primary N) is 1. The van der Waals surface area contributed by atoms with Crippen molar-refractivity contribution in [1.29, 1.82) is 0 Å². The van der Waals surface area contributed by atoms with E-state index in [0.717, 1.165) is 22.2 Å². The van der Waals surface area contributed by atoms with Gasteiger partial charge in [0, 0.05) is 10.7 Å². The number of aryl methyl sites for hydroxylation is 1. The number of nitrogens with zero attached hydrogens (tertiary/aromatic N) is 1. The standard InChI is InChI=1S/C15H14ClN3OS/c1-9-2-3-10(12(16)6-9)8-21(20)15-18-13-5-4-11(17)7-14(13)19-15/h2-7H,8,17H2,1H3,(H,18,19). The van der Waals surface area contributed by atoms with Crippen LogP contribution in [0.5, 0.6) is 0 Å². The van der Waals surface area contributed by atoms with Crippen LogP contribution in [0, 0.1) is 6.92 Å². The molecule has 6 heteroatoms. The number of halogens is 1. The van der Waals surface area contributed by atoms with Crippen LogP contribution in [0.25, 0.3) is 11.0 Å². The first-order chi connectivity index (χ1) is 10.0. The molecule has 0 bridgehead atoms. The fraction of sp³-hybridized carbons (Fsp3) is 0.133. The number of fused-ring (bicyclic) bond motifs is 1. The van der Waals surface area contributed by atoms with Gasteiger partial charge in [-0.15, -0.1) is 0 Å². The topological polar surface area (TPSA) is 71.8 Å². The number of hydrogen-bond acceptors (Lipinski definition) is 3. The molecule has 0 amide bonds. The van der Waals surface area contributed by atoms with Crippen LogP contribution in [-0.4, -0.2) is 14.2 Å². The van der Waals surface area contributed by atoms with E-state index in [2.05, 4.69) is 9.97 Å². The van der Waals surface area contributed by atoms with Crippen LogP contribution < -0.4 is 5.73 Å². The van der Waals surface area contributed by atoms with Gasteiger partial charge in [-0.3, -0.25) is 4.21 Å². The molecule has 21 heavy (non-hydrogen) atoms. The molecule has 1 atom stereocenters. The lowest BCUT2D eigenvalue weighted by molar-refractivity contribution is 0.677. The van der Waals surface area contributed by atoms with Gasteiger partial charge in [-0.2, -0.15) is 0 Å². The number of rotatable bonds is 3. The third-order valence-corrected chi connectivity index (χ3v) is 4.74. The Balaban J connectivity index is 1.89. The fourth-order valence-electron chi connectivity index (χ4n) is 2.09. The lowest BCUT2D eigenvalue weighted by Crippen LogP contribution is -1.99. The second kappa shape index (κ2) is 5.50. The Bertz CT molecular complexity index is 844. The predicted octanol–water partition coefficient (Wildman–Crippen LogP) is 3.41. The average Bonchev–Trinajstić information content (AvgIpc) is 2.85. The maximum Gasteiger partial charge on any atom is 0.197 e. The molecular weight excluding hydrogens is 306 g/mol. The summed E-state index contributed by atoms with van der Waals surface area (Å²) in [5.74, 6) is 0.328. The zero-order valence-corrected chi connectivity index (χ0v) is 13.0. The Labute approximate surface area is 129 Å².